The number of amides is 2. The Balaban J connectivity index is 1.50. The zero-order chi connectivity index (χ0) is 19.7. The van der Waals surface area contributed by atoms with Crippen LogP contribution in [0.1, 0.15) is 33.8 Å². The molecular formula is C20H22N2O6. The topological polar surface area (TPSA) is 90.2 Å². The maximum absolute atomic E-state index is 12.9. The van der Waals surface area contributed by atoms with E-state index < -0.39 is 5.60 Å². The van der Waals surface area contributed by atoms with E-state index in [1.54, 1.807) is 17.0 Å². The number of benzene rings is 1. The van der Waals surface area contributed by atoms with Crippen molar-refractivity contribution in [1.29, 1.82) is 0 Å². The number of furan rings is 1. The van der Waals surface area contributed by atoms with E-state index in [0.717, 1.165) is 0 Å². The normalized spacial score (nSPS) is 17.9. The van der Waals surface area contributed by atoms with Gasteiger partial charge in [0.15, 0.2) is 5.75 Å². The molecule has 0 bridgehead atoms. The van der Waals surface area contributed by atoms with Crippen molar-refractivity contribution in [3.05, 3.63) is 41.9 Å². The van der Waals surface area contributed by atoms with Gasteiger partial charge in [0, 0.05) is 25.9 Å². The Hall–Kier alpha value is -3.16. The molecular weight excluding hydrogens is 364 g/mol. The van der Waals surface area contributed by atoms with Gasteiger partial charge in [0.25, 0.3) is 11.8 Å². The second-order valence-electron chi connectivity index (χ2n) is 6.92. The quantitative estimate of drug-likeness (QED) is 0.869. The average Bonchev–Trinajstić information content (AvgIpc) is 3.10. The number of likely N-dealkylation sites (tertiary alicyclic amines) is 1. The van der Waals surface area contributed by atoms with Crippen LogP contribution in [-0.2, 0) is 0 Å². The first-order valence-electron chi connectivity index (χ1n) is 9.12. The summed E-state index contributed by atoms with van der Waals surface area (Å²) in [6, 6.07) is 7.21. The van der Waals surface area contributed by atoms with E-state index in [9.17, 15) is 9.59 Å². The SMILES string of the molecule is COc1coc(C(=O)N2CCC3(CC2)CNC(=O)c2ccccc2O3)c1OC. The molecule has 0 saturated carbocycles. The zero-order valence-corrected chi connectivity index (χ0v) is 15.8. The van der Waals surface area contributed by atoms with Gasteiger partial charge in [-0.05, 0) is 12.1 Å². The molecule has 2 aliphatic heterocycles. The molecule has 1 N–H and O–H groups in total. The van der Waals surface area contributed by atoms with Gasteiger partial charge in [-0.15, -0.1) is 0 Å². The largest absolute Gasteiger partial charge is 0.490 e. The van der Waals surface area contributed by atoms with Gasteiger partial charge in [-0.3, -0.25) is 9.59 Å². The Morgan fingerprint density at radius 1 is 1.18 bits per heavy atom. The Kier molecular flexibility index (Phi) is 4.62. The van der Waals surface area contributed by atoms with Crippen molar-refractivity contribution in [2.45, 2.75) is 18.4 Å². The molecule has 4 rings (SSSR count). The number of ether oxygens (including phenoxy) is 3. The monoisotopic (exact) mass is 386 g/mol. The molecule has 0 atom stereocenters. The number of para-hydroxylation sites is 1. The summed E-state index contributed by atoms with van der Waals surface area (Å²) in [4.78, 5) is 26.9. The van der Waals surface area contributed by atoms with E-state index in [2.05, 4.69) is 5.32 Å². The van der Waals surface area contributed by atoms with Crippen LogP contribution in [0, 0.1) is 0 Å². The minimum atomic E-state index is -0.538. The molecule has 28 heavy (non-hydrogen) atoms. The van der Waals surface area contributed by atoms with Gasteiger partial charge in [-0.1, -0.05) is 12.1 Å². The van der Waals surface area contributed by atoms with Crippen LogP contribution in [0.3, 0.4) is 0 Å². The van der Waals surface area contributed by atoms with Crippen molar-refractivity contribution in [2.24, 2.45) is 0 Å². The maximum atomic E-state index is 12.9. The molecule has 0 radical (unpaired) electrons. The molecule has 1 aromatic carbocycles. The Labute approximate surface area is 162 Å². The second kappa shape index (κ2) is 7.10. The lowest BCUT2D eigenvalue weighted by atomic mass is 9.90. The highest BCUT2D eigenvalue weighted by Gasteiger charge is 2.42. The summed E-state index contributed by atoms with van der Waals surface area (Å²) in [5.74, 6) is 0.974. The molecule has 8 heteroatoms. The number of carbonyl (C=O) groups is 2. The highest BCUT2D eigenvalue weighted by molar-refractivity contribution is 5.97. The number of rotatable bonds is 3. The number of nitrogens with zero attached hydrogens (tertiary/aromatic N) is 1. The van der Waals surface area contributed by atoms with Crippen LogP contribution < -0.4 is 19.5 Å². The van der Waals surface area contributed by atoms with Crippen molar-refractivity contribution < 1.29 is 28.2 Å². The lowest BCUT2D eigenvalue weighted by Crippen LogP contribution is -2.54. The summed E-state index contributed by atoms with van der Waals surface area (Å²) in [5.41, 5.74) is -0.00503. The fraction of sp³-hybridized carbons (Fsp3) is 0.400. The number of piperidine rings is 1. The van der Waals surface area contributed by atoms with Gasteiger partial charge in [-0.25, -0.2) is 0 Å². The number of methoxy groups -OCH3 is 2. The summed E-state index contributed by atoms with van der Waals surface area (Å²) in [7, 11) is 2.96. The van der Waals surface area contributed by atoms with Gasteiger partial charge in [0.1, 0.15) is 17.6 Å². The van der Waals surface area contributed by atoms with Crippen LogP contribution in [-0.4, -0.2) is 56.2 Å². The Morgan fingerprint density at radius 3 is 2.64 bits per heavy atom. The zero-order valence-electron chi connectivity index (χ0n) is 15.8. The third kappa shape index (κ3) is 3.04. The van der Waals surface area contributed by atoms with Crippen molar-refractivity contribution in [3.63, 3.8) is 0 Å². The molecule has 148 valence electrons. The molecule has 0 unspecified atom stereocenters. The summed E-state index contributed by atoms with van der Waals surface area (Å²) >= 11 is 0. The first-order valence-corrected chi connectivity index (χ1v) is 9.12. The van der Waals surface area contributed by atoms with E-state index in [1.807, 2.05) is 12.1 Å². The molecule has 2 aliphatic rings. The minimum Gasteiger partial charge on any atom is -0.490 e. The predicted octanol–water partition coefficient (Wildman–Crippen LogP) is 2.09. The molecule has 3 heterocycles. The molecule has 1 fully saturated rings. The van der Waals surface area contributed by atoms with Crippen LogP contribution in [0.25, 0.3) is 0 Å². The Morgan fingerprint density at radius 2 is 1.93 bits per heavy atom. The molecule has 2 aromatic rings. The lowest BCUT2D eigenvalue weighted by Gasteiger charge is -2.40. The number of nitrogens with one attached hydrogen (secondary N) is 1. The van der Waals surface area contributed by atoms with Crippen LogP contribution in [0.15, 0.2) is 34.9 Å². The third-order valence-electron chi connectivity index (χ3n) is 5.32. The van der Waals surface area contributed by atoms with Crippen molar-refractivity contribution in [2.75, 3.05) is 33.9 Å². The van der Waals surface area contributed by atoms with E-state index >= 15 is 0 Å². The molecule has 1 spiro atoms. The summed E-state index contributed by atoms with van der Waals surface area (Å²) in [6.07, 6.45) is 2.54. The van der Waals surface area contributed by atoms with Gasteiger partial charge in [-0.2, -0.15) is 0 Å². The molecule has 8 nitrogen and oxygen atoms in total. The first kappa shape index (κ1) is 18.2. The van der Waals surface area contributed by atoms with Crippen LogP contribution in [0.5, 0.6) is 17.2 Å². The van der Waals surface area contributed by atoms with Gasteiger partial charge in [0.05, 0.1) is 26.3 Å². The van der Waals surface area contributed by atoms with Gasteiger partial charge < -0.3 is 28.8 Å². The highest BCUT2D eigenvalue weighted by Crippen LogP contribution is 2.36. The average molecular weight is 386 g/mol. The lowest BCUT2D eigenvalue weighted by molar-refractivity contribution is 0.00658. The number of carbonyl (C=O) groups excluding carboxylic acids is 2. The van der Waals surface area contributed by atoms with Crippen LogP contribution >= 0.6 is 0 Å². The van der Waals surface area contributed by atoms with Gasteiger partial charge >= 0.3 is 0 Å². The van der Waals surface area contributed by atoms with E-state index in [4.69, 9.17) is 18.6 Å². The fourth-order valence-electron chi connectivity index (χ4n) is 3.70. The van der Waals surface area contributed by atoms with E-state index in [0.29, 0.717) is 55.3 Å². The second-order valence-corrected chi connectivity index (χ2v) is 6.92. The molecule has 1 saturated heterocycles. The first-order chi connectivity index (χ1) is 13.6. The number of hydrogen-bond donors (Lipinski definition) is 1. The fourth-order valence-corrected chi connectivity index (χ4v) is 3.70. The highest BCUT2D eigenvalue weighted by atomic mass is 16.5. The predicted molar refractivity (Wildman–Crippen MR) is 99.1 cm³/mol. The van der Waals surface area contributed by atoms with Crippen LogP contribution in [0.2, 0.25) is 0 Å². The summed E-state index contributed by atoms with van der Waals surface area (Å²) in [6.45, 7) is 1.35. The summed E-state index contributed by atoms with van der Waals surface area (Å²) in [5, 5.41) is 2.94. The molecule has 0 aliphatic carbocycles. The van der Waals surface area contributed by atoms with Gasteiger partial charge in [0.2, 0.25) is 11.5 Å². The number of fused-ring (bicyclic) bond motifs is 1. The minimum absolute atomic E-state index is 0.121. The number of hydrogen-bond acceptors (Lipinski definition) is 6. The standard InChI is InChI=1S/C20H22N2O6/c1-25-15-11-27-17(16(15)26-2)19(24)22-9-7-20(8-10-22)12-21-18(23)13-5-3-4-6-14(13)28-20/h3-6,11H,7-10,12H2,1-2H3,(H,21,23). The van der Waals surface area contributed by atoms with Crippen molar-refractivity contribution in [3.8, 4) is 17.2 Å². The summed E-state index contributed by atoms with van der Waals surface area (Å²) < 4.78 is 22.1. The van der Waals surface area contributed by atoms with E-state index in [-0.39, 0.29) is 17.6 Å². The van der Waals surface area contributed by atoms with Crippen LogP contribution in [0.4, 0.5) is 0 Å². The third-order valence-corrected chi connectivity index (χ3v) is 5.32. The molecule has 2 amide bonds. The van der Waals surface area contributed by atoms with Crippen molar-refractivity contribution >= 4 is 11.8 Å². The Bertz CT molecular complexity index is 898. The van der Waals surface area contributed by atoms with Crippen molar-refractivity contribution in [1.82, 2.24) is 10.2 Å². The smallest absolute Gasteiger partial charge is 0.293 e. The maximum Gasteiger partial charge on any atom is 0.293 e. The van der Waals surface area contributed by atoms with E-state index in [1.165, 1.54) is 20.5 Å². The molecule has 1 aromatic heterocycles.